The maximum absolute atomic E-state index is 12.4. The molecule has 0 saturated carbocycles. The number of nitriles is 1. The van der Waals surface area contributed by atoms with Crippen LogP contribution < -0.4 is 15.7 Å². The molecule has 2 aromatic carbocycles. The number of fused-ring (bicyclic) bond motifs is 1. The molecule has 6 nitrogen and oxygen atoms in total. The van der Waals surface area contributed by atoms with Gasteiger partial charge in [0.15, 0.2) is 0 Å². The van der Waals surface area contributed by atoms with Crippen molar-refractivity contribution >= 4 is 49.5 Å². The van der Waals surface area contributed by atoms with Crippen molar-refractivity contribution < 1.29 is 9.15 Å². The highest BCUT2D eigenvalue weighted by Crippen LogP contribution is 2.27. The predicted molar refractivity (Wildman–Crippen MR) is 121 cm³/mol. The van der Waals surface area contributed by atoms with E-state index in [0.29, 0.717) is 27.4 Å². The van der Waals surface area contributed by atoms with Gasteiger partial charge in [-0.15, -0.1) is 11.3 Å². The average Bonchev–Trinajstić information content (AvgIpc) is 3.24. The Hall–Kier alpha value is -3.41. The number of hydrogen-bond acceptors (Lipinski definition) is 7. The largest absolute Gasteiger partial charge is 0.497 e. The van der Waals surface area contributed by atoms with Gasteiger partial charge >= 0.3 is 5.63 Å². The van der Waals surface area contributed by atoms with Crippen LogP contribution in [-0.4, -0.2) is 12.1 Å². The zero-order valence-electron chi connectivity index (χ0n) is 15.7. The Morgan fingerprint density at radius 2 is 2.07 bits per heavy atom. The maximum atomic E-state index is 12.4. The van der Waals surface area contributed by atoms with E-state index in [-0.39, 0.29) is 0 Å². The van der Waals surface area contributed by atoms with Gasteiger partial charge in [-0.1, -0.05) is 15.9 Å². The van der Waals surface area contributed by atoms with Crippen molar-refractivity contribution in [3.63, 3.8) is 0 Å². The quantitative estimate of drug-likeness (QED) is 0.293. The third kappa shape index (κ3) is 4.13. The summed E-state index contributed by atoms with van der Waals surface area (Å²) < 4.78 is 11.4. The van der Waals surface area contributed by atoms with Gasteiger partial charge < -0.3 is 14.5 Å². The van der Waals surface area contributed by atoms with Crippen LogP contribution in [0.5, 0.6) is 5.75 Å². The number of rotatable bonds is 5. The molecule has 0 radical (unpaired) electrons. The average molecular weight is 480 g/mol. The number of nitrogens with zero attached hydrogens (tertiary/aromatic N) is 2. The predicted octanol–water partition coefficient (Wildman–Crippen LogP) is 5.66. The zero-order valence-corrected chi connectivity index (χ0v) is 18.1. The highest BCUT2D eigenvalue weighted by Gasteiger charge is 2.14. The van der Waals surface area contributed by atoms with Crippen LogP contribution in [0.25, 0.3) is 27.8 Å². The highest BCUT2D eigenvalue weighted by atomic mass is 79.9. The minimum atomic E-state index is -0.472. The SMILES string of the molecule is COc1ccc(NC=C(C#N)c2nc(-c3cc4cc(Br)ccc4oc3=O)cs2)cc1. The van der Waals surface area contributed by atoms with Crippen molar-refractivity contribution in [1.29, 1.82) is 5.26 Å². The lowest BCUT2D eigenvalue weighted by Crippen LogP contribution is -2.03. The molecule has 8 heteroatoms. The minimum Gasteiger partial charge on any atom is -0.497 e. The standard InChI is InChI=1S/C22H14BrN3O3S/c1-28-17-5-3-16(4-6-17)25-11-14(10-24)21-26-19(12-30-21)18-9-13-8-15(23)2-7-20(13)29-22(18)27/h2-9,11-12,25H,1H3. The lowest BCUT2D eigenvalue weighted by molar-refractivity contribution is 0.415. The number of halogens is 1. The Balaban J connectivity index is 1.63. The molecule has 148 valence electrons. The molecule has 4 rings (SSSR count). The molecule has 0 fully saturated rings. The van der Waals surface area contributed by atoms with Gasteiger partial charge in [0.25, 0.3) is 0 Å². The summed E-state index contributed by atoms with van der Waals surface area (Å²) in [6.45, 7) is 0. The van der Waals surface area contributed by atoms with Crippen LogP contribution in [0.3, 0.4) is 0 Å². The Morgan fingerprint density at radius 1 is 1.27 bits per heavy atom. The van der Waals surface area contributed by atoms with Crippen LogP contribution in [0.15, 0.2) is 73.8 Å². The van der Waals surface area contributed by atoms with E-state index in [2.05, 4.69) is 32.3 Å². The molecule has 0 bridgehead atoms. The number of anilines is 1. The summed E-state index contributed by atoms with van der Waals surface area (Å²) in [5.74, 6) is 0.746. The van der Waals surface area contributed by atoms with Crippen LogP contribution >= 0.6 is 27.3 Å². The third-order valence-corrected chi connectivity index (χ3v) is 5.67. The zero-order chi connectivity index (χ0) is 21.1. The van der Waals surface area contributed by atoms with E-state index in [4.69, 9.17) is 9.15 Å². The van der Waals surface area contributed by atoms with E-state index in [0.717, 1.165) is 21.3 Å². The molecule has 0 aliphatic carbocycles. The fraction of sp³-hybridized carbons (Fsp3) is 0.0455. The van der Waals surface area contributed by atoms with Gasteiger partial charge in [-0.3, -0.25) is 0 Å². The van der Waals surface area contributed by atoms with Gasteiger partial charge in [0.05, 0.1) is 18.4 Å². The highest BCUT2D eigenvalue weighted by molar-refractivity contribution is 9.10. The fourth-order valence-electron chi connectivity index (χ4n) is 2.78. The van der Waals surface area contributed by atoms with Crippen molar-refractivity contribution in [2.75, 3.05) is 12.4 Å². The molecular formula is C22H14BrN3O3S. The summed E-state index contributed by atoms with van der Waals surface area (Å²) in [4.78, 5) is 16.9. The van der Waals surface area contributed by atoms with E-state index in [1.54, 1.807) is 30.8 Å². The van der Waals surface area contributed by atoms with Crippen LogP contribution in [0.4, 0.5) is 5.69 Å². The summed E-state index contributed by atoms with van der Waals surface area (Å²) in [5.41, 5.74) is 2.01. The van der Waals surface area contributed by atoms with Gasteiger partial charge in [0.2, 0.25) is 0 Å². The lowest BCUT2D eigenvalue weighted by Gasteiger charge is -2.03. The monoisotopic (exact) mass is 479 g/mol. The molecular weight excluding hydrogens is 466 g/mol. The van der Waals surface area contributed by atoms with E-state index in [1.807, 2.05) is 36.4 Å². The molecule has 0 spiro atoms. The Bertz CT molecular complexity index is 1350. The maximum Gasteiger partial charge on any atom is 0.345 e. The van der Waals surface area contributed by atoms with Gasteiger partial charge in [-0.05, 0) is 48.5 Å². The molecule has 30 heavy (non-hydrogen) atoms. The summed E-state index contributed by atoms with van der Waals surface area (Å²) in [6, 6.07) is 16.6. The number of ether oxygens (including phenoxy) is 1. The number of nitrogens with one attached hydrogen (secondary N) is 1. The van der Waals surface area contributed by atoms with E-state index in [1.165, 1.54) is 11.3 Å². The molecule has 0 atom stereocenters. The number of aromatic nitrogens is 1. The van der Waals surface area contributed by atoms with Gasteiger partial charge in [0, 0.05) is 27.1 Å². The molecule has 1 N–H and O–H groups in total. The second-order valence-corrected chi connectivity index (χ2v) is 7.98. The van der Waals surface area contributed by atoms with Gasteiger partial charge in [0.1, 0.15) is 28.0 Å². The number of methoxy groups -OCH3 is 1. The second-order valence-electron chi connectivity index (χ2n) is 6.21. The topological polar surface area (TPSA) is 88.2 Å². The lowest BCUT2D eigenvalue weighted by atomic mass is 10.1. The summed E-state index contributed by atoms with van der Waals surface area (Å²) in [7, 11) is 1.60. The number of hydrogen-bond donors (Lipinski definition) is 1. The van der Waals surface area contributed by atoms with Crippen molar-refractivity contribution in [2.45, 2.75) is 0 Å². The van der Waals surface area contributed by atoms with Gasteiger partial charge in [-0.2, -0.15) is 5.26 Å². The molecule has 0 saturated heterocycles. The van der Waals surface area contributed by atoms with Crippen LogP contribution in [0.1, 0.15) is 5.01 Å². The first-order chi connectivity index (χ1) is 14.6. The molecule has 4 aromatic rings. The Kier molecular flexibility index (Phi) is 5.65. The summed E-state index contributed by atoms with van der Waals surface area (Å²) in [5, 5.41) is 15.7. The molecule has 2 aromatic heterocycles. The molecule has 0 amide bonds. The molecule has 0 aliphatic heterocycles. The van der Waals surface area contributed by atoms with Gasteiger partial charge in [-0.25, -0.2) is 9.78 Å². The summed E-state index contributed by atoms with van der Waals surface area (Å²) in [6.07, 6.45) is 1.59. The number of thiazole rings is 1. The van der Waals surface area contributed by atoms with Crippen molar-refractivity contribution in [3.05, 3.63) is 80.0 Å². The van der Waals surface area contributed by atoms with Crippen molar-refractivity contribution in [3.8, 4) is 23.1 Å². The molecule has 0 aliphatic rings. The van der Waals surface area contributed by atoms with E-state index >= 15 is 0 Å². The first-order valence-electron chi connectivity index (χ1n) is 8.78. The first kappa shape index (κ1) is 19.9. The van der Waals surface area contributed by atoms with E-state index < -0.39 is 5.63 Å². The number of benzene rings is 2. The minimum absolute atomic E-state index is 0.350. The van der Waals surface area contributed by atoms with Crippen molar-refractivity contribution in [1.82, 2.24) is 4.98 Å². The van der Waals surface area contributed by atoms with Crippen molar-refractivity contribution in [2.24, 2.45) is 0 Å². The molecule has 2 heterocycles. The first-order valence-corrected chi connectivity index (χ1v) is 10.4. The number of allylic oxidation sites excluding steroid dienone is 1. The fourth-order valence-corrected chi connectivity index (χ4v) is 3.94. The Labute approximate surface area is 184 Å². The van der Waals surface area contributed by atoms with Crippen LogP contribution in [-0.2, 0) is 0 Å². The normalized spacial score (nSPS) is 11.3. The van der Waals surface area contributed by atoms with Crippen LogP contribution in [0, 0.1) is 11.3 Å². The second kappa shape index (κ2) is 8.53. The Morgan fingerprint density at radius 3 is 2.80 bits per heavy atom. The molecule has 0 unspecified atom stereocenters. The smallest absolute Gasteiger partial charge is 0.345 e. The van der Waals surface area contributed by atoms with E-state index in [9.17, 15) is 10.1 Å². The summed E-state index contributed by atoms with van der Waals surface area (Å²) >= 11 is 4.70. The van der Waals surface area contributed by atoms with Crippen LogP contribution in [0.2, 0.25) is 0 Å². The third-order valence-electron chi connectivity index (χ3n) is 4.30.